The zero-order valence-corrected chi connectivity index (χ0v) is 21.2. The minimum Gasteiger partial charge on any atom is -0.495 e. The summed E-state index contributed by atoms with van der Waals surface area (Å²) in [5, 5.41) is 2.77. The Bertz CT molecular complexity index is 1040. The SMILES string of the molecule is CCNC(=O)[C@H](C)N(CCc1ccccc1)C(=O)CCCN(c1ccccc1OC)S(C)(=O)=O. The topological polar surface area (TPSA) is 96.0 Å². The molecule has 2 aromatic carbocycles. The molecule has 0 aliphatic carbocycles. The Labute approximate surface area is 202 Å². The van der Waals surface area contributed by atoms with Gasteiger partial charge in [0.05, 0.1) is 19.1 Å². The molecule has 9 heteroatoms. The highest BCUT2D eigenvalue weighted by Gasteiger charge is 2.26. The molecule has 0 aliphatic rings. The van der Waals surface area contributed by atoms with E-state index in [0.29, 0.717) is 37.4 Å². The number of benzene rings is 2. The van der Waals surface area contributed by atoms with Gasteiger partial charge in [0.2, 0.25) is 21.8 Å². The maximum atomic E-state index is 13.2. The lowest BCUT2D eigenvalue weighted by molar-refractivity contribution is -0.139. The number of nitrogens with one attached hydrogen (secondary N) is 1. The van der Waals surface area contributed by atoms with Gasteiger partial charge in [0.1, 0.15) is 11.8 Å². The molecule has 0 saturated carbocycles. The number of para-hydroxylation sites is 2. The monoisotopic (exact) mass is 489 g/mol. The Morgan fingerprint density at radius 3 is 2.29 bits per heavy atom. The van der Waals surface area contributed by atoms with Crippen LogP contribution in [0.4, 0.5) is 5.69 Å². The molecule has 0 unspecified atom stereocenters. The van der Waals surface area contributed by atoms with Crippen molar-refractivity contribution in [1.82, 2.24) is 10.2 Å². The van der Waals surface area contributed by atoms with Crippen LogP contribution in [-0.2, 0) is 26.0 Å². The number of carbonyl (C=O) groups excluding carboxylic acids is 2. The first-order valence-corrected chi connectivity index (χ1v) is 13.3. The van der Waals surface area contributed by atoms with Crippen LogP contribution in [0.3, 0.4) is 0 Å². The van der Waals surface area contributed by atoms with E-state index in [9.17, 15) is 18.0 Å². The third kappa shape index (κ3) is 7.76. The van der Waals surface area contributed by atoms with Gasteiger partial charge in [0, 0.05) is 26.1 Å². The summed E-state index contributed by atoms with van der Waals surface area (Å²) in [6.45, 7) is 4.53. The molecule has 1 atom stereocenters. The Kier molecular flexibility index (Phi) is 10.4. The normalized spacial score (nSPS) is 12.0. The van der Waals surface area contributed by atoms with Crippen molar-refractivity contribution in [1.29, 1.82) is 0 Å². The number of ether oxygens (including phenoxy) is 1. The fraction of sp³-hybridized carbons (Fsp3) is 0.440. The molecular formula is C25H35N3O5S. The summed E-state index contributed by atoms with van der Waals surface area (Å²) in [6.07, 6.45) is 2.16. The highest BCUT2D eigenvalue weighted by atomic mass is 32.2. The molecule has 8 nitrogen and oxygen atoms in total. The average Bonchev–Trinajstić information content (AvgIpc) is 2.82. The number of sulfonamides is 1. The Morgan fingerprint density at radius 2 is 1.68 bits per heavy atom. The number of rotatable bonds is 13. The number of amides is 2. The molecule has 2 aromatic rings. The van der Waals surface area contributed by atoms with E-state index in [1.165, 1.54) is 11.4 Å². The van der Waals surface area contributed by atoms with Crippen LogP contribution in [0.1, 0.15) is 32.3 Å². The van der Waals surface area contributed by atoms with E-state index in [2.05, 4.69) is 5.32 Å². The van der Waals surface area contributed by atoms with Gasteiger partial charge in [0.15, 0.2) is 0 Å². The average molecular weight is 490 g/mol. The number of hydrogen-bond donors (Lipinski definition) is 1. The smallest absolute Gasteiger partial charge is 0.242 e. The van der Waals surface area contributed by atoms with Crippen molar-refractivity contribution in [3.05, 3.63) is 60.2 Å². The van der Waals surface area contributed by atoms with Gasteiger partial charge in [-0.25, -0.2) is 8.42 Å². The van der Waals surface area contributed by atoms with Crippen LogP contribution in [-0.4, -0.2) is 64.2 Å². The lowest BCUT2D eigenvalue weighted by Crippen LogP contribution is -2.48. The Hall–Kier alpha value is -3.07. The minimum atomic E-state index is -3.59. The van der Waals surface area contributed by atoms with E-state index >= 15 is 0 Å². The van der Waals surface area contributed by atoms with E-state index in [4.69, 9.17) is 4.74 Å². The van der Waals surface area contributed by atoms with Crippen molar-refractivity contribution in [2.75, 3.05) is 37.3 Å². The van der Waals surface area contributed by atoms with E-state index in [0.717, 1.165) is 11.8 Å². The fourth-order valence-corrected chi connectivity index (χ4v) is 4.68. The maximum Gasteiger partial charge on any atom is 0.242 e. The van der Waals surface area contributed by atoms with Crippen LogP contribution in [0, 0.1) is 0 Å². The highest BCUT2D eigenvalue weighted by molar-refractivity contribution is 7.92. The van der Waals surface area contributed by atoms with Crippen LogP contribution in [0.15, 0.2) is 54.6 Å². The van der Waals surface area contributed by atoms with E-state index in [-0.39, 0.29) is 24.8 Å². The molecule has 0 bridgehead atoms. The van der Waals surface area contributed by atoms with Crippen LogP contribution in [0.2, 0.25) is 0 Å². The Morgan fingerprint density at radius 1 is 1.03 bits per heavy atom. The number of anilines is 1. The fourth-order valence-electron chi connectivity index (χ4n) is 3.71. The molecule has 0 fully saturated rings. The van der Waals surface area contributed by atoms with Crippen LogP contribution < -0.4 is 14.4 Å². The molecule has 34 heavy (non-hydrogen) atoms. The molecule has 0 saturated heterocycles. The second-order valence-electron chi connectivity index (χ2n) is 8.00. The predicted molar refractivity (Wildman–Crippen MR) is 134 cm³/mol. The number of carbonyl (C=O) groups is 2. The molecule has 0 heterocycles. The van der Waals surface area contributed by atoms with Gasteiger partial charge in [-0.15, -0.1) is 0 Å². The summed E-state index contributed by atoms with van der Waals surface area (Å²) in [5.41, 5.74) is 1.50. The minimum absolute atomic E-state index is 0.111. The first kappa shape index (κ1) is 27.2. The van der Waals surface area contributed by atoms with Gasteiger partial charge in [0.25, 0.3) is 0 Å². The number of likely N-dealkylation sites (N-methyl/N-ethyl adjacent to an activating group) is 1. The largest absolute Gasteiger partial charge is 0.495 e. The maximum absolute atomic E-state index is 13.2. The van der Waals surface area contributed by atoms with Gasteiger partial charge in [-0.3, -0.25) is 13.9 Å². The lowest BCUT2D eigenvalue weighted by Gasteiger charge is -2.29. The van der Waals surface area contributed by atoms with Crippen molar-refractivity contribution in [3.8, 4) is 5.75 Å². The third-order valence-electron chi connectivity index (χ3n) is 5.51. The van der Waals surface area contributed by atoms with Crippen molar-refractivity contribution in [2.24, 2.45) is 0 Å². The highest BCUT2D eigenvalue weighted by Crippen LogP contribution is 2.29. The quantitative estimate of drug-likeness (QED) is 0.467. The second kappa shape index (κ2) is 13.0. The summed E-state index contributed by atoms with van der Waals surface area (Å²) in [4.78, 5) is 27.2. The zero-order valence-electron chi connectivity index (χ0n) is 20.4. The molecule has 2 amide bonds. The molecule has 1 N–H and O–H groups in total. The number of methoxy groups -OCH3 is 1. The second-order valence-corrected chi connectivity index (χ2v) is 9.91. The van der Waals surface area contributed by atoms with E-state index in [1.807, 2.05) is 37.3 Å². The van der Waals surface area contributed by atoms with Crippen LogP contribution in [0.5, 0.6) is 5.75 Å². The van der Waals surface area contributed by atoms with Gasteiger partial charge in [-0.1, -0.05) is 42.5 Å². The molecule has 2 rings (SSSR count). The molecule has 0 radical (unpaired) electrons. The number of nitrogens with zero attached hydrogens (tertiary/aromatic N) is 2. The predicted octanol–water partition coefficient (Wildman–Crippen LogP) is 2.84. The Balaban J connectivity index is 2.12. The standard InChI is InChI=1S/C25H35N3O5S/c1-5-26-25(30)20(2)27(19-17-21-12-7-6-8-13-21)24(29)16-11-18-28(34(4,31)32)22-14-9-10-15-23(22)33-3/h6-10,12-15,20H,5,11,16-19H2,1-4H3,(H,26,30)/t20-/m0/s1. The summed E-state index contributed by atoms with van der Waals surface area (Å²) in [5.74, 6) is 0.0347. The van der Waals surface area contributed by atoms with Gasteiger partial charge in [-0.2, -0.15) is 0 Å². The van der Waals surface area contributed by atoms with Crippen LogP contribution in [0.25, 0.3) is 0 Å². The first-order valence-electron chi connectivity index (χ1n) is 11.4. The molecule has 0 spiro atoms. The molecular weight excluding hydrogens is 454 g/mol. The summed E-state index contributed by atoms with van der Waals surface area (Å²) in [6, 6.07) is 16.0. The van der Waals surface area contributed by atoms with Gasteiger partial charge < -0.3 is 15.0 Å². The molecule has 186 valence electrons. The number of hydrogen-bond acceptors (Lipinski definition) is 5. The van der Waals surface area contributed by atoms with Gasteiger partial charge in [-0.05, 0) is 44.4 Å². The first-order chi connectivity index (χ1) is 16.2. The zero-order chi connectivity index (χ0) is 25.1. The van der Waals surface area contributed by atoms with Crippen LogP contribution >= 0.6 is 0 Å². The molecule has 0 aliphatic heterocycles. The van der Waals surface area contributed by atoms with Crippen molar-refractivity contribution in [2.45, 2.75) is 39.2 Å². The summed E-state index contributed by atoms with van der Waals surface area (Å²) in [7, 11) is -2.11. The van der Waals surface area contributed by atoms with E-state index < -0.39 is 16.1 Å². The summed E-state index contributed by atoms with van der Waals surface area (Å²) >= 11 is 0. The van der Waals surface area contributed by atoms with Gasteiger partial charge >= 0.3 is 0 Å². The van der Waals surface area contributed by atoms with Crippen molar-refractivity contribution < 1.29 is 22.7 Å². The van der Waals surface area contributed by atoms with Crippen molar-refractivity contribution in [3.63, 3.8) is 0 Å². The van der Waals surface area contributed by atoms with Crippen molar-refractivity contribution >= 4 is 27.5 Å². The molecule has 0 aromatic heterocycles. The lowest BCUT2D eigenvalue weighted by atomic mass is 10.1. The summed E-state index contributed by atoms with van der Waals surface area (Å²) < 4.78 is 31.5. The third-order valence-corrected chi connectivity index (χ3v) is 6.69. The van der Waals surface area contributed by atoms with E-state index in [1.54, 1.807) is 36.1 Å².